The van der Waals surface area contributed by atoms with Crippen LogP contribution < -0.4 is 4.74 Å². The number of rotatable bonds is 9. The van der Waals surface area contributed by atoms with E-state index in [4.69, 9.17) is 19.0 Å². The molecule has 2 aromatic rings. The molecule has 1 aromatic heterocycles. The van der Waals surface area contributed by atoms with E-state index in [0.717, 1.165) is 12.8 Å². The van der Waals surface area contributed by atoms with Gasteiger partial charge in [-0.3, -0.25) is 0 Å². The third-order valence-corrected chi connectivity index (χ3v) is 3.34. The molecule has 1 heterocycles. The maximum Gasteiger partial charge on any atom is 0.339 e. The van der Waals surface area contributed by atoms with E-state index in [-0.39, 0.29) is 17.2 Å². The lowest BCUT2D eigenvalue weighted by molar-refractivity contribution is 0.0693. The quantitative estimate of drug-likeness (QED) is 0.678. The van der Waals surface area contributed by atoms with Crippen LogP contribution in [0.15, 0.2) is 22.6 Å². The Balaban J connectivity index is 2.00. The molecule has 2 rings (SSSR count). The molecule has 0 saturated heterocycles. The SMILES string of the molecule is CCCCOCCOc1nc(-c2ccc(C(=O)O)c(O)c2)oc1C. The van der Waals surface area contributed by atoms with Crippen molar-refractivity contribution in [3.05, 3.63) is 29.5 Å². The summed E-state index contributed by atoms with van der Waals surface area (Å²) in [7, 11) is 0. The van der Waals surface area contributed by atoms with Gasteiger partial charge in [0.25, 0.3) is 5.88 Å². The summed E-state index contributed by atoms with van der Waals surface area (Å²) in [5.74, 6) is -0.440. The number of ether oxygens (including phenoxy) is 2. The van der Waals surface area contributed by atoms with Gasteiger partial charge in [0, 0.05) is 12.2 Å². The van der Waals surface area contributed by atoms with Gasteiger partial charge in [0.2, 0.25) is 5.89 Å². The number of hydrogen-bond acceptors (Lipinski definition) is 6. The molecule has 130 valence electrons. The number of carbonyl (C=O) groups is 1. The topological polar surface area (TPSA) is 102 Å². The van der Waals surface area contributed by atoms with E-state index >= 15 is 0 Å². The molecular formula is C17H21NO6. The van der Waals surface area contributed by atoms with E-state index in [0.29, 0.717) is 37.0 Å². The lowest BCUT2D eigenvalue weighted by Gasteiger charge is -2.04. The van der Waals surface area contributed by atoms with Gasteiger partial charge < -0.3 is 24.1 Å². The third-order valence-electron chi connectivity index (χ3n) is 3.34. The Morgan fingerprint density at radius 1 is 1.29 bits per heavy atom. The fourth-order valence-electron chi connectivity index (χ4n) is 2.03. The summed E-state index contributed by atoms with van der Waals surface area (Å²) in [5, 5.41) is 18.7. The van der Waals surface area contributed by atoms with E-state index in [1.54, 1.807) is 6.92 Å². The molecular weight excluding hydrogens is 314 g/mol. The molecule has 0 aliphatic carbocycles. The van der Waals surface area contributed by atoms with Crippen molar-refractivity contribution in [3.63, 3.8) is 0 Å². The molecule has 0 spiro atoms. The van der Waals surface area contributed by atoms with E-state index in [9.17, 15) is 9.90 Å². The van der Waals surface area contributed by atoms with Gasteiger partial charge in [-0.25, -0.2) is 4.79 Å². The van der Waals surface area contributed by atoms with Crippen molar-refractivity contribution >= 4 is 5.97 Å². The molecule has 0 atom stereocenters. The van der Waals surface area contributed by atoms with Gasteiger partial charge in [-0.15, -0.1) is 0 Å². The second-order valence-corrected chi connectivity index (χ2v) is 5.23. The molecule has 0 bridgehead atoms. The van der Waals surface area contributed by atoms with Gasteiger partial charge in [0.05, 0.1) is 6.61 Å². The molecule has 0 radical (unpaired) electrons. The highest BCUT2D eigenvalue weighted by molar-refractivity contribution is 5.91. The Bertz CT molecular complexity index is 694. The number of carboxylic acid groups (broad SMARTS) is 1. The largest absolute Gasteiger partial charge is 0.507 e. The monoisotopic (exact) mass is 335 g/mol. The Morgan fingerprint density at radius 3 is 2.75 bits per heavy atom. The fourth-order valence-corrected chi connectivity index (χ4v) is 2.03. The first kappa shape index (κ1) is 17.8. The lowest BCUT2D eigenvalue weighted by Crippen LogP contribution is -2.08. The average molecular weight is 335 g/mol. The van der Waals surface area contributed by atoms with Gasteiger partial charge in [0.15, 0.2) is 5.76 Å². The Labute approximate surface area is 139 Å². The zero-order chi connectivity index (χ0) is 17.5. The van der Waals surface area contributed by atoms with Crippen molar-refractivity contribution in [3.8, 4) is 23.1 Å². The summed E-state index contributed by atoms with van der Waals surface area (Å²) in [6.07, 6.45) is 2.10. The molecule has 0 aliphatic rings. The first-order valence-electron chi connectivity index (χ1n) is 7.77. The zero-order valence-electron chi connectivity index (χ0n) is 13.7. The number of phenols is 1. The number of oxazole rings is 1. The van der Waals surface area contributed by atoms with Crippen molar-refractivity contribution in [2.75, 3.05) is 19.8 Å². The molecule has 0 aliphatic heterocycles. The lowest BCUT2D eigenvalue weighted by atomic mass is 10.1. The number of hydrogen-bond donors (Lipinski definition) is 2. The Kier molecular flexibility index (Phi) is 6.20. The van der Waals surface area contributed by atoms with Crippen LogP contribution >= 0.6 is 0 Å². The molecule has 24 heavy (non-hydrogen) atoms. The van der Waals surface area contributed by atoms with Gasteiger partial charge in [-0.1, -0.05) is 13.3 Å². The van der Waals surface area contributed by atoms with Crippen molar-refractivity contribution in [1.82, 2.24) is 4.98 Å². The Hall–Kier alpha value is -2.54. The molecule has 0 fully saturated rings. The Morgan fingerprint density at radius 2 is 2.08 bits per heavy atom. The number of aryl methyl sites for hydroxylation is 1. The average Bonchev–Trinajstić information content (AvgIpc) is 2.91. The summed E-state index contributed by atoms with van der Waals surface area (Å²) in [6, 6.07) is 4.12. The number of unbranched alkanes of at least 4 members (excludes halogenated alkanes) is 1. The minimum Gasteiger partial charge on any atom is -0.507 e. The number of nitrogens with zero attached hydrogens (tertiary/aromatic N) is 1. The maximum atomic E-state index is 10.9. The summed E-state index contributed by atoms with van der Waals surface area (Å²) in [4.78, 5) is 15.1. The second kappa shape index (κ2) is 8.35. The normalized spacial score (nSPS) is 10.8. The van der Waals surface area contributed by atoms with Crippen molar-refractivity contribution < 1.29 is 28.9 Å². The highest BCUT2D eigenvalue weighted by atomic mass is 16.5. The van der Waals surface area contributed by atoms with Crippen molar-refractivity contribution in [2.45, 2.75) is 26.7 Å². The predicted molar refractivity (Wildman–Crippen MR) is 86.5 cm³/mol. The highest BCUT2D eigenvalue weighted by Gasteiger charge is 2.16. The third kappa shape index (κ3) is 4.48. The summed E-state index contributed by atoms with van der Waals surface area (Å²) < 4.78 is 16.4. The number of aromatic nitrogens is 1. The van der Waals surface area contributed by atoms with E-state index in [2.05, 4.69) is 11.9 Å². The fraction of sp³-hybridized carbons (Fsp3) is 0.412. The van der Waals surface area contributed by atoms with Gasteiger partial charge in [-0.05, 0) is 31.5 Å². The van der Waals surface area contributed by atoms with Crippen LogP contribution in [0.2, 0.25) is 0 Å². The van der Waals surface area contributed by atoms with Crippen LogP contribution in [0.25, 0.3) is 11.5 Å². The number of aromatic hydroxyl groups is 1. The van der Waals surface area contributed by atoms with E-state index in [1.807, 2.05) is 0 Å². The number of benzene rings is 1. The van der Waals surface area contributed by atoms with Crippen molar-refractivity contribution in [1.29, 1.82) is 0 Å². The molecule has 7 nitrogen and oxygen atoms in total. The molecule has 7 heteroatoms. The van der Waals surface area contributed by atoms with Gasteiger partial charge in [0.1, 0.15) is 17.9 Å². The van der Waals surface area contributed by atoms with Gasteiger partial charge >= 0.3 is 5.97 Å². The van der Waals surface area contributed by atoms with Crippen LogP contribution in [-0.4, -0.2) is 41.0 Å². The molecule has 1 aromatic carbocycles. The van der Waals surface area contributed by atoms with E-state index in [1.165, 1.54) is 18.2 Å². The molecule has 2 N–H and O–H groups in total. The molecule has 0 saturated carbocycles. The second-order valence-electron chi connectivity index (χ2n) is 5.23. The summed E-state index contributed by atoms with van der Waals surface area (Å²) in [6.45, 7) is 5.35. The summed E-state index contributed by atoms with van der Waals surface area (Å²) >= 11 is 0. The maximum absolute atomic E-state index is 10.9. The molecule has 0 amide bonds. The van der Waals surface area contributed by atoms with Gasteiger partial charge in [-0.2, -0.15) is 4.98 Å². The first-order valence-corrected chi connectivity index (χ1v) is 7.77. The predicted octanol–water partition coefficient (Wildman–Crippen LogP) is 3.25. The van der Waals surface area contributed by atoms with Crippen LogP contribution in [0, 0.1) is 6.92 Å². The first-order chi connectivity index (χ1) is 11.5. The van der Waals surface area contributed by atoms with Crippen LogP contribution in [0.3, 0.4) is 0 Å². The zero-order valence-corrected chi connectivity index (χ0v) is 13.7. The van der Waals surface area contributed by atoms with Crippen molar-refractivity contribution in [2.24, 2.45) is 0 Å². The van der Waals surface area contributed by atoms with E-state index < -0.39 is 5.97 Å². The molecule has 0 unspecified atom stereocenters. The minimum atomic E-state index is -1.20. The standard InChI is InChI=1S/C17H21NO6/c1-3-4-7-22-8-9-23-15-11(2)24-16(18-15)12-5-6-13(17(20)21)14(19)10-12/h5-6,10,19H,3-4,7-9H2,1-2H3,(H,20,21). The van der Waals surface area contributed by atoms with Crippen LogP contribution in [-0.2, 0) is 4.74 Å². The van der Waals surface area contributed by atoms with Crippen LogP contribution in [0.4, 0.5) is 0 Å². The summed E-state index contributed by atoms with van der Waals surface area (Å²) in [5.41, 5.74) is 0.289. The highest BCUT2D eigenvalue weighted by Crippen LogP contribution is 2.29. The smallest absolute Gasteiger partial charge is 0.339 e. The number of aromatic carboxylic acids is 1. The number of carboxylic acids is 1. The van der Waals surface area contributed by atoms with Crippen LogP contribution in [0.5, 0.6) is 11.6 Å². The van der Waals surface area contributed by atoms with Crippen LogP contribution in [0.1, 0.15) is 35.9 Å². The minimum absolute atomic E-state index is 0.178.